The molecule has 0 aliphatic heterocycles. The maximum absolute atomic E-state index is 6.42. The second-order valence-corrected chi connectivity index (χ2v) is 6.78. The molecule has 2 heterocycles. The molecule has 0 radical (unpaired) electrons. The number of pyridine rings is 1. The number of fused-ring (bicyclic) bond motifs is 3. The van der Waals surface area contributed by atoms with Crippen molar-refractivity contribution in [1.29, 1.82) is 0 Å². The van der Waals surface area contributed by atoms with Gasteiger partial charge in [-0.1, -0.05) is 18.2 Å². The van der Waals surface area contributed by atoms with Gasteiger partial charge in [-0.2, -0.15) is 0 Å². The lowest BCUT2D eigenvalue weighted by atomic mass is 10.1. The van der Waals surface area contributed by atoms with E-state index in [1.807, 2.05) is 73.7 Å². The first-order chi connectivity index (χ1) is 14.2. The van der Waals surface area contributed by atoms with E-state index in [1.165, 1.54) is 0 Å². The van der Waals surface area contributed by atoms with E-state index in [-0.39, 0.29) is 0 Å². The van der Waals surface area contributed by atoms with Crippen LogP contribution in [-0.4, -0.2) is 16.6 Å². The quantitative estimate of drug-likeness (QED) is 0.284. The third kappa shape index (κ3) is 3.14. The van der Waals surface area contributed by atoms with Gasteiger partial charge in [0.15, 0.2) is 5.82 Å². The van der Waals surface area contributed by atoms with Crippen LogP contribution in [-0.2, 0) is 0 Å². The number of nitrogens with one attached hydrogen (secondary N) is 1. The zero-order valence-corrected chi connectivity index (χ0v) is 15.9. The van der Waals surface area contributed by atoms with Crippen LogP contribution in [0.3, 0.4) is 0 Å². The van der Waals surface area contributed by atoms with Gasteiger partial charge in [0.1, 0.15) is 5.75 Å². The Morgan fingerprint density at radius 1 is 0.931 bits per heavy atom. The summed E-state index contributed by atoms with van der Waals surface area (Å²) >= 11 is 0. The van der Waals surface area contributed by atoms with E-state index in [2.05, 4.69) is 15.2 Å². The standard InChI is InChI=1S/C23H19N5O/c1-2-29-16-8-10-20-18(13-16)23(24)17-9-7-15(12-21(17)25-20)27-28-22-11-14-5-3-4-6-19(14)26-22/h3-13,26H,2H2,1H3,(H2,24,25). The lowest BCUT2D eigenvalue weighted by Gasteiger charge is -2.09. The number of H-pyrrole nitrogens is 1. The van der Waals surface area contributed by atoms with Crippen molar-refractivity contribution < 1.29 is 4.74 Å². The van der Waals surface area contributed by atoms with Gasteiger partial charge in [0.2, 0.25) is 0 Å². The monoisotopic (exact) mass is 381 g/mol. The Morgan fingerprint density at radius 3 is 2.69 bits per heavy atom. The van der Waals surface area contributed by atoms with E-state index >= 15 is 0 Å². The van der Waals surface area contributed by atoms with Gasteiger partial charge in [0.25, 0.3) is 0 Å². The second-order valence-electron chi connectivity index (χ2n) is 6.78. The summed E-state index contributed by atoms with van der Waals surface area (Å²) in [6, 6.07) is 21.5. The highest BCUT2D eigenvalue weighted by Crippen LogP contribution is 2.33. The van der Waals surface area contributed by atoms with Crippen LogP contribution in [0.2, 0.25) is 0 Å². The number of azo groups is 1. The van der Waals surface area contributed by atoms with Gasteiger partial charge in [-0.05, 0) is 55.5 Å². The van der Waals surface area contributed by atoms with Crippen LogP contribution in [0.5, 0.6) is 5.75 Å². The van der Waals surface area contributed by atoms with Gasteiger partial charge in [0.05, 0.1) is 29.0 Å². The predicted octanol–water partition coefficient (Wildman–Crippen LogP) is 6.27. The van der Waals surface area contributed by atoms with E-state index in [0.29, 0.717) is 23.8 Å². The number of aromatic amines is 1. The van der Waals surface area contributed by atoms with Gasteiger partial charge in [-0.15, -0.1) is 10.2 Å². The molecule has 0 saturated carbocycles. The average Bonchev–Trinajstić information content (AvgIpc) is 3.16. The average molecular weight is 381 g/mol. The van der Waals surface area contributed by atoms with E-state index in [1.54, 1.807) is 0 Å². The molecule has 5 aromatic rings. The van der Waals surface area contributed by atoms with Crippen molar-refractivity contribution in [2.45, 2.75) is 6.92 Å². The minimum Gasteiger partial charge on any atom is -0.494 e. The van der Waals surface area contributed by atoms with Gasteiger partial charge in [-0.25, -0.2) is 4.98 Å². The summed E-state index contributed by atoms with van der Waals surface area (Å²) in [5.41, 5.74) is 10.5. The summed E-state index contributed by atoms with van der Waals surface area (Å²) in [4.78, 5) is 7.99. The first-order valence-corrected chi connectivity index (χ1v) is 9.46. The highest BCUT2D eigenvalue weighted by molar-refractivity contribution is 6.07. The van der Waals surface area contributed by atoms with Crippen molar-refractivity contribution in [1.82, 2.24) is 9.97 Å². The van der Waals surface area contributed by atoms with Crippen LogP contribution in [0, 0.1) is 0 Å². The third-order valence-electron chi connectivity index (χ3n) is 4.87. The van der Waals surface area contributed by atoms with Gasteiger partial charge >= 0.3 is 0 Å². The van der Waals surface area contributed by atoms with Crippen molar-refractivity contribution in [2.24, 2.45) is 10.2 Å². The number of benzene rings is 3. The molecule has 6 heteroatoms. The molecule has 0 aliphatic carbocycles. The third-order valence-corrected chi connectivity index (χ3v) is 4.87. The molecule has 0 saturated heterocycles. The van der Waals surface area contributed by atoms with Crippen LogP contribution in [0.4, 0.5) is 17.2 Å². The van der Waals surface area contributed by atoms with E-state index in [9.17, 15) is 0 Å². The van der Waals surface area contributed by atoms with Gasteiger partial charge < -0.3 is 15.5 Å². The highest BCUT2D eigenvalue weighted by Gasteiger charge is 2.09. The minimum atomic E-state index is 0.608. The number of ether oxygens (including phenoxy) is 1. The number of aromatic nitrogens is 2. The molecule has 0 amide bonds. The molecule has 0 fully saturated rings. The van der Waals surface area contributed by atoms with E-state index in [0.717, 1.165) is 38.5 Å². The maximum atomic E-state index is 6.42. The minimum absolute atomic E-state index is 0.608. The normalized spacial score (nSPS) is 11.8. The summed E-state index contributed by atoms with van der Waals surface area (Å²) in [6.07, 6.45) is 0. The number of hydrogen-bond donors (Lipinski definition) is 2. The first kappa shape index (κ1) is 17.2. The molecular weight excluding hydrogens is 362 g/mol. The molecule has 29 heavy (non-hydrogen) atoms. The highest BCUT2D eigenvalue weighted by atomic mass is 16.5. The Kier molecular flexibility index (Phi) is 4.09. The number of nitrogens with zero attached hydrogens (tertiary/aromatic N) is 3. The fraction of sp³-hybridized carbons (Fsp3) is 0.0870. The molecule has 142 valence electrons. The lowest BCUT2D eigenvalue weighted by Crippen LogP contribution is -1.95. The Morgan fingerprint density at radius 2 is 1.83 bits per heavy atom. The molecule has 3 aromatic carbocycles. The van der Waals surface area contributed by atoms with Crippen molar-refractivity contribution in [3.8, 4) is 5.75 Å². The van der Waals surface area contributed by atoms with Crippen LogP contribution in [0.15, 0.2) is 77.0 Å². The summed E-state index contributed by atoms with van der Waals surface area (Å²) in [5, 5.41) is 11.6. The van der Waals surface area contributed by atoms with Crippen molar-refractivity contribution in [3.63, 3.8) is 0 Å². The smallest absolute Gasteiger partial charge is 0.153 e. The Hall–Kier alpha value is -3.93. The Balaban J connectivity index is 1.53. The fourth-order valence-electron chi connectivity index (χ4n) is 3.49. The molecule has 0 unspecified atom stereocenters. The maximum Gasteiger partial charge on any atom is 0.153 e. The lowest BCUT2D eigenvalue weighted by molar-refractivity contribution is 0.341. The van der Waals surface area contributed by atoms with Crippen LogP contribution in [0.25, 0.3) is 32.7 Å². The van der Waals surface area contributed by atoms with Crippen molar-refractivity contribution in [2.75, 3.05) is 12.3 Å². The molecule has 2 aromatic heterocycles. The molecule has 3 N–H and O–H groups in total. The van der Waals surface area contributed by atoms with E-state index in [4.69, 9.17) is 15.5 Å². The number of anilines is 1. The largest absolute Gasteiger partial charge is 0.494 e. The van der Waals surface area contributed by atoms with Crippen LogP contribution in [0.1, 0.15) is 6.92 Å². The van der Waals surface area contributed by atoms with Crippen molar-refractivity contribution >= 4 is 49.9 Å². The zero-order valence-electron chi connectivity index (χ0n) is 15.9. The fourth-order valence-corrected chi connectivity index (χ4v) is 3.49. The molecule has 0 aliphatic rings. The Bertz CT molecular complexity index is 1350. The molecular formula is C23H19N5O. The van der Waals surface area contributed by atoms with Gasteiger partial charge in [0, 0.05) is 21.7 Å². The second kappa shape index (κ2) is 6.91. The summed E-state index contributed by atoms with van der Waals surface area (Å²) in [5.74, 6) is 1.50. The summed E-state index contributed by atoms with van der Waals surface area (Å²) < 4.78 is 5.58. The SMILES string of the molecule is CCOc1ccc2nc3cc(N=Nc4cc5ccccc5[nH]4)ccc3c(N)c2c1. The Labute approximate surface area is 167 Å². The van der Waals surface area contributed by atoms with Crippen LogP contribution >= 0.6 is 0 Å². The molecule has 0 atom stereocenters. The van der Waals surface area contributed by atoms with E-state index < -0.39 is 0 Å². The predicted molar refractivity (Wildman–Crippen MR) is 117 cm³/mol. The number of hydrogen-bond acceptors (Lipinski definition) is 5. The summed E-state index contributed by atoms with van der Waals surface area (Å²) in [6.45, 7) is 2.56. The molecule has 0 spiro atoms. The van der Waals surface area contributed by atoms with Crippen LogP contribution < -0.4 is 10.5 Å². The number of nitrogen functional groups attached to an aromatic ring is 1. The summed E-state index contributed by atoms with van der Waals surface area (Å²) in [7, 11) is 0. The topological polar surface area (TPSA) is 88.7 Å². The first-order valence-electron chi connectivity index (χ1n) is 9.46. The molecule has 5 rings (SSSR count). The molecule has 0 bridgehead atoms. The molecule has 6 nitrogen and oxygen atoms in total. The zero-order chi connectivity index (χ0) is 19.8. The van der Waals surface area contributed by atoms with Crippen molar-refractivity contribution in [3.05, 3.63) is 66.7 Å². The number of nitrogens with two attached hydrogens (primary N) is 1. The number of rotatable bonds is 4. The van der Waals surface area contributed by atoms with Gasteiger partial charge in [-0.3, -0.25) is 0 Å². The number of para-hydroxylation sites is 1.